The highest BCUT2D eigenvalue weighted by Gasteiger charge is 2.39. The van der Waals surface area contributed by atoms with Gasteiger partial charge in [0.25, 0.3) is 0 Å². The van der Waals surface area contributed by atoms with Gasteiger partial charge in [0.15, 0.2) is 0 Å². The van der Waals surface area contributed by atoms with E-state index in [0.717, 1.165) is 30.6 Å². The molecule has 2 aliphatic rings. The fourth-order valence-corrected chi connectivity index (χ4v) is 3.54. The van der Waals surface area contributed by atoms with Crippen molar-refractivity contribution >= 4 is 0 Å². The van der Waals surface area contributed by atoms with Gasteiger partial charge in [-0.1, -0.05) is 26.3 Å². The molecule has 21 heavy (non-hydrogen) atoms. The molecule has 0 spiro atoms. The number of aromatic nitrogens is 1. The van der Waals surface area contributed by atoms with Gasteiger partial charge < -0.3 is 5.32 Å². The monoisotopic (exact) mass is 287 g/mol. The van der Waals surface area contributed by atoms with Gasteiger partial charge in [-0.2, -0.15) is 0 Å². The summed E-state index contributed by atoms with van der Waals surface area (Å²) >= 11 is 0. The largest absolute Gasteiger partial charge is 0.311 e. The smallest absolute Gasteiger partial charge is 0.0547 e. The van der Waals surface area contributed by atoms with Gasteiger partial charge in [-0.25, -0.2) is 0 Å². The summed E-state index contributed by atoms with van der Waals surface area (Å²) in [6, 6.07) is 7.75. The van der Waals surface area contributed by atoms with E-state index < -0.39 is 0 Å². The first-order valence-corrected chi connectivity index (χ1v) is 8.57. The Labute approximate surface area is 129 Å². The molecular weight excluding hydrogens is 258 g/mol. The standard InChI is InChI=1S/C18H29N3/c1-4-13(2)17-12-21(18(10-19-17)15-8-9-15)11-16-7-5-6-14(3)20-16/h5-7,13,15,17-19H,4,8-12H2,1-3H3. The van der Waals surface area contributed by atoms with E-state index in [-0.39, 0.29) is 0 Å². The third-order valence-electron chi connectivity index (χ3n) is 5.30. The third-order valence-corrected chi connectivity index (χ3v) is 5.30. The van der Waals surface area contributed by atoms with Crippen LogP contribution in [0.1, 0.15) is 44.5 Å². The van der Waals surface area contributed by atoms with E-state index in [1.54, 1.807) is 0 Å². The third kappa shape index (κ3) is 3.64. The van der Waals surface area contributed by atoms with E-state index in [4.69, 9.17) is 4.98 Å². The van der Waals surface area contributed by atoms with Crippen molar-refractivity contribution in [1.29, 1.82) is 0 Å². The Balaban J connectivity index is 1.71. The van der Waals surface area contributed by atoms with Crippen molar-refractivity contribution in [2.45, 2.75) is 58.7 Å². The Kier molecular flexibility index (Phi) is 4.60. The average Bonchev–Trinajstić information content (AvgIpc) is 3.31. The number of pyridine rings is 1. The van der Waals surface area contributed by atoms with Crippen LogP contribution in [0.25, 0.3) is 0 Å². The maximum absolute atomic E-state index is 4.71. The van der Waals surface area contributed by atoms with Gasteiger partial charge in [0, 0.05) is 37.4 Å². The first-order chi connectivity index (χ1) is 10.2. The molecule has 1 aliphatic carbocycles. The molecule has 0 aromatic carbocycles. The van der Waals surface area contributed by atoms with Crippen LogP contribution >= 0.6 is 0 Å². The molecule has 2 heterocycles. The Morgan fingerprint density at radius 3 is 2.86 bits per heavy atom. The molecule has 1 aliphatic heterocycles. The predicted molar refractivity (Wildman–Crippen MR) is 87.1 cm³/mol. The Morgan fingerprint density at radius 2 is 2.19 bits per heavy atom. The highest BCUT2D eigenvalue weighted by Crippen LogP contribution is 2.37. The first kappa shape index (κ1) is 15.0. The summed E-state index contributed by atoms with van der Waals surface area (Å²) in [7, 11) is 0. The minimum absolute atomic E-state index is 0.634. The summed E-state index contributed by atoms with van der Waals surface area (Å²) in [4.78, 5) is 7.41. The predicted octanol–water partition coefficient (Wildman–Crippen LogP) is 2.99. The Hall–Kier alpha value is -0.930. The molecule has 1 saturated carbocycles. The second-order valence-electron chi connectivity index (χ2n) is 7.00. The molecule has 3 rings (SSSR count). The molecule has 0 bridgehead atoms. The molecule has 116 valence electrons. The van der Waals surface area contributed by atoms with E-state index in [1.807, 2.05) is 0 Å². The Bertz CT molecular complexity index is 469. The van der Waals surface area contributed by atoms with Crippen molar-refractivity contribution in [3.63, 3.8) is 0 Å². The molecular formula is C18H29N3. The number of aryl methyl sites for hydroxylation is 1. The van der Waals surface area contributed by atoms with Gasteiger partial charge in [0.1, 0.15) is 0 Å². The zero-order chi connectivity index (χ0) is 14.8. The quantitative estimate of drug-likeness (QED) is 0.902. The molecule has 1 aromatic rings. The highest BCUT2D eigenvalue weighted by molar-refractivity contribution is 5.10. The van der Waals surface area contributed by atoms with Crippen LogP contribution in [-0.4, -0.2) is 35.1 Å². The van der Waals surface area contributed by atoms with Crippen LogP contribution in [0, 0.1) is 18.8 Å². The minimum Gasteiger partial charge on any atom is -0.311 e. The van der Waals surface area contributed by atoms with Gasteiger partial charge in [-0.15, -0.1) is 0 Å². The van der Waals surface area contributed by atoms with Crippen LogP contribution in [0.2, 0.25) is 0 Å². The SMILES string of the molecule is CCC(C)C1CN(Cc2cccc(C)n2)C(C2CC2)CN1. The molecule has 1 N–H and O–H groups in total. The molecule has 2 fully saturated rings. The summed E-state index contributed by atoms with van der Waals surface area (Å²) in [6.45, 7) is 10.1. The highest BCUT2D eigenvalue weighted by atomic mass is 15.2. The van der Waals surface area contributed by atoms with Crippen LogP contribution in [-0.2, 0) is 6.54 Å². The molecule has 3 heteroatoms. The van der Waals surface area contributed by atoms with E-state index in [1.165, 1.54) is 31.5 Å². The summed E-state index contributed by atoms with van der Waals surface area (Å²) in [5.74, 6) is 1.67. The molecule has 3 unspecified atom stereocenters. The molecule has 1 saturated heterocycles. The Morgan fingerprint density at radius 1 is 1.38 bits per heavy atom. The number of nitrogens with one attached hydrogen (secondary N) is 1. The van der Waals surface area contributed by atoms with Gasteiger partial charge >= 0.3 is 0 Å². The van der Waals surface area contributed by atoms with Crippen molar-refractivity contribution in [1.82, 2.24) is 15.2 Å². The van der Waals surface area contributed by atoms with Crippen LogP contribution in [0.15, 0.2) is 18.2 Å². The van der Waals surface area contributed by atoms with Gasteiger partial charge in [-0.05, 0) is 43.7 Å². The van der Waals surface area contributed by atoms with E-state index >= 15 is 0 Å². The van der Waals surface area contributed by atoms with Crippen molar-refractivity contribution in [3.05, 3.63) is 29.6 Å². The van der Waals surface area contributed by atoms with Gasteiger partial charge in [0.2, 0.25) is 0 Å². The summed E-state index contributed by atoms with van der Waals surface area (Å²) in [6.07, 6.45) is 4.08. The van der Waals surface area contributed by atoms with E-state index in [0.29, 0.717) is 12.1 Å². The van der Waals surface area contributed by atoms with Gasteiger partial charge in [0.05, 0.1) is 5.69 Å². The summed E-state index contributed by atoms with van der Waals surface area (Å²) in [5, 5.41) is 3.81. The maximum Gasteiger partial charge on any atom is 0.0547 e. The number of hydrogen-bond donors (Lipinski definition) is 1. The zero-order valence-corrected chi connectivity index (χ0v) is 13.7. The number of hydrogen-bond acceptors (Lipinski definition) is 3. The maximum atomic E-state index is 4.71. The topological polar surface area (TPSA) is 28.2 Å². The molecule has 3 nitrogen and oxygen atoms in total. The van der Waals surface area contributed by atoms with Crippen molar-refractivity contribution in [2.75, 3.05) is 13.1 Å². The van der Waals surface area contributed by atoms with E-state index in [2.05, 4.69) is 49.2 Å². The van der Waals surface area contributed by atoms with Crippen LogP contribution in [0.4, 0.5) is 0 Å². The number of rotatable bonds is 5. The molecule has 0 amide bonds. The van der Waals surface area contributed by atoms with Crippen LogP contribution < -0.4 is 5.32 Å². The minimum atomic E-state index is 0.634. The number of nitrogens with zero attached hydrogens (tertiary/aromatic N) is 2. The fraction of sp³-hybridized carbons (Fsp3) is 0.722. The lowest BCUT2D eigenvalue weighted by Crippen LogP contribution is -2.58. The second kappa shape index (κ2) is 6.45. The summed E-state index contributed by atoms with van der Waals surface area (Å²) in [5.41, 5.74) is 2.36. The second-order valence-corrected chi connectivity index (χ2v) is 7.00. The van der Waals surface area contributed by atoms with E-state index in [9.17, 15) is 0 Å². The van der Waals surface area contributed by atoms with Gasteiger partial charge in [-0.3, -0.25) is 9.88 Å². The average molecular weight is 287 g/mol. The normalized spacial score (nSPS) is 28.5. The van der Waals surface area contributed by atoms with Crippen LogP contribution in [0.3, 0.4) is 0 Å². The zero-order valence-electron chi connectivity index (χ0n) is 13.7. The lowest BCUT2D eigenvalue weighted by atomic mass is 9.94. The van der Waals surface area contributed by atoms with Crippen molar-refractivity contribution in [3.8, 4) is 0 Å². The number of piperazine rings is 1. The molecule has 3 atom stereocenters. The van der Waals surface area contributed by atoms with Crippen molar-refractivity contribution in [2.24, 2.45) is 11.8 Å². The van der Waals surface area contributed by atoms with Crippen molar-refractivity contribution < 1.29 is 0 Å². The lowest BCUT2D eigenvalue weighted by molar-refractivity contribution is 0.0879. The van der Waals surface area contributed by atoms with Crippen LogP contribution in [0.5, 0.6) is 0 Å². The fourth-order valence-electron chi connectivity index (χ4n) is 3.54. The first-order valence-electron chi connectivity index (χ1n) is 8.57. The summed E-state index contributed by atoms with van der Waals surface area (Å²) < 4.78 is 0. The molecule has 1 aromatic heterocycles. The lowest BCUT2D eigenvalue weighted by Gasteiger charge is -2.42. The molecule has 0 radical (unpaired) electrons.